The molecular formula is C19H16ClNO4S2. The van der Waals surface area contributed by atoms with Crippen LogP contribution in [0.1, 0.15) is 15.2 Å². The number of benzene rings is 2. The molecule has 3 aromatic rings. The third-order valence-corrected chi connectivity index (χ3v) is 7.38. The van der Waals surface area contributed by atoms with Crippen LogP contribution in [0, 0.1) is 0 Å². The number of sulfone groups is 1. The number of carbonyl (C=O) groups is 1. The number of hydrogen-bond acceptors (Lipinski definition) is 5. The quantitative estimate of drug-likeness (QED) is 0.648. The van der Waals surface area contributed by atoms with Crippen molar-refractivity contribution in [2.75, 3.05) is 7.11 Å². The largest absolute Gasteiger partial charge is 0.497 e. The van der Waals surface area contributed by atoms with E-state index < -0.39 is 9.84 Å². The topological polar surface area (TPSA) is 72.5 Å². The number of hydrogen-bond donors (Lipinski definition) is 1. The van der Waals surface area contributed by atoms with Crippen molar-refractivity contribution in [2.24, 2.45) is 0 Å². The van der Waals surface area contributed by atoms with E-state index in [2.05, 4.69) is 5.32 Å². The zero-order chi connectivity index (χ0) is 19.4. The average molecular weight is 422 g/mol. The van der Waals surface area contributed by atoms with E-state index in [-0.39, 0.29) is 15.0 Å². The molecule has 0 fully saturated rings. The Labute approximate surface area is 166 Å². The SMILES string of the molecule is COc1cccc(CNC(=O)c2ccc(S(=O)(=O)c3ccc(Cl)cc3)s2)c1. The number of halogens is 1. The fourth-order valence-electron chi connectivity index (χ4n) is 2.37. The Bertz CT molecular complexity index is 1060. The maximum atomic E-state index is 12.7. The van der Waals surface area contributed by atoms with E-state index in [1.165, 1.54) is 36.4 Å². The summed E-state index contributed by atoms with van der Waals surface area (Å²) in [6.45, 7) is 0.313. The Morgan fingerprint density at radius 3 is 2.56 bits per heavy atom. The first-order chi connectivity index (χ1) is 12.9. The van der Waals surface area contributed by atoms with Gasteiger partial charge in [-0.1, -0.05) is 23.7 Å². The monoisotopic (exact) mass is 421 g/mol. The standard InChI is InChI=1S/C19H16ClNO4S2/c1-25-15-4-2-3-13(11-15)12-21-19(22)17-9-10-18(26-17)27(23,24)16-7-5-14(20)6-8-16/h2-11H,12H2,1H3,(H,21,22). The molecule has 0 atom stereocenters. The summed E-state index contributed by atoms with van der Waals surface area (Å²) in [6, 6.07) is 16.2. The lowest BCUT2D eigenvalue weighted by atomic mass is 10.2. The van der Waals surface area contributed by atoms with E-state index in [1.807, 2.05) is 24.3 Å². The summed E-state index contributed by atoms with van der Waals surface area (Å²) in [6.07, 6.45) is 0. The molecule has 1 aromatic heterocycles. The number of methoxy groups -OCH3 is 1. The molecule has 0 aliphatic carbocycles. The van der Waals surface area contributed by atoms with Crippen LogP contribution in [0.15, 0.2) is 69.8 Å². The maximum Gasteiger partial charge on any atom is 0.261 e. The molecule has 1 N–H and O–H groups in total. The molecule has 3 rings (SSSR count). The number of thiophene rings is 1. The molecule has 140 valence electrons. The highest BCUT2D eigenvalue weighted by atomic mass is 35.5. The summed E-state index contributed by atoms with van der Waals surface area (Å²) in [5.41, 5.74) is 0.883. The van der Waals surface area contributed by atoms with Crippen molar-refractivity contribution >= 4 is 38.7 Å². The van der Waals surface area contributed by atoms with Crippen molar-refractivity contribution < 1.29 is 17.9 Å². The van der Waals surface area contributed by atoms with Gasteiger partial charge in [0.25, 0.3) is 5.91 Å². The maximum absolute atomic E-state index is 12.7. The second kappa shape index (κ2) is 8.12. The highest BCUT2D eigenvalue weighted by Crippen LogP contribution is 2.28. The Kier molecular flexibility index (Phi) is 5.84. The first-order valence-corrected chi connectivity index (χ1v) is 10.6. The van der Waals surface area contributed by atoms with Crippen LogP contribution in [0.3, 0.4) is 0 Å². The van der Waals surface area contributed by atoms with Crippen LogP contribution >= 0.6 is 22.9 Å². The Morgan fingerprint density at radius 1 is 1.11 bits per heavy atom. The van der Waals surface area contributed by atoms with Crippen molar-refractivity contribution in [3.63, 3.8) is 0 Å². The van der Waals surface area contributed by atoms with Crippen molar-refractivity contribution in [1.82, 2.24) is 5.32 Å². The van der Waals surface area contributed by atoms with Crippen molar-refractivity contribution in [3.8, 4) is 5.75 Å². The van der Waals surface area contributed by atoms with Gasteiger partial charge in [0.1, 0.15) is 9.96 Å². The van der Waals surface area contributed by atoms with E-state index in [9.17, 15) is 13.2 Å². The normalized spacial score (nSPS) is 11.2. The third kappa shape index (κ3) is 4.50. The van der Waals surface area contributed by atoms with Gasteiger partial charge in [-0.2, -0.15) is 0 Å². The van der Waals surface area contributed by atoms with E-state index in [1.54, 1.807) is 7.11 Å². The van der Waals surface area contributed by atoms with Gasteiger partial charge < -0.3 is 10.1 Å². The summed E-state index contributed by atoms with van der Waals surface area (Å²) in [7, 11) is -2.11. The first-order valence-electron chi connectivity index (χ1n) is 7.92. The van der Waals surface area contributed by atoms with Crippen LogP contribution in [-0.4, -0.2) is 21.4 Å². The lowest BCUT2D eigenvalue weighted by Crippen LogP contribution is -2.21. The fourth-order valence-corrected chi connectivity index (χ4v) is 5.12. The molecular weight excluding hydrogens is 406 g/mol. The second-order valence-corrected chi connectivity index (χ2v) is 9.31. The summed E-state index contributed by atoms with van der Waals surface area (Å²) < 4.78 is 30.6. The molecule has 27 heavy (non-hydrogen) atoms. The molecule has 0 radical (unpaired) electrons. The van der Waals surface area contributed by atoms with Crippen LogP contribution in [-0.2, 0) is 16.4 Å². The molecule has 1 amide bonds. The van der Waals surface area contributed by atoms with Crippen LogP contribution in [0.2, 0.25) is 5.02 Å². The van der Waals surface area contributed by atoms with Crippen LogP contribution in [0.25, 0.3) is 0 Å². The number of nitrogens with one attached hydrogen (secondary N) is 1. The second-order valence-electron chi connectivity index (χ2n) is 5.61. The number of ether oxygens (including phenoxy) is 1. The van der Waals surface area contributed by atoms with E-state index in [0.29, 0.717) is 22.2 Å². The minimum absolute atomic E-state index is 0.108. The zero-order valence-electron chi connectivity index (χ0n) is 14.3. The van der Waals surface area contributed by atoms with E-state index in [0.717, 1.165) is 16.9 Å². The minimum atomic E-state index is -3.68. The van der Waals surface area contributed by atoms with Crippen LogP contribution in [0.4, 0.5) is 0 Å². The van der Waals surface area contributed by atoms with Crippen LogP contribution < -0.4 is 10.1 Å². The van der Waals surface area contributed by atoms with Gasteiger partial charge in [0.05, 0.1) is 16.9 Å². The van der Waals surface area contributed by atoms with Gasteiger partial charge >= 0.3 is 0 Å². The third-order valence-electron chi connectivity index (χ3n) is 3.78. The first kappa shape index (κ1) is 19.4. The van der Waals surface area contributed by atoms with Gasteiger partial charge in [0.2, 0.25) is 9.84 Å². The molecule has 1 heterocycles. The predicted molar refractivity (Wildman–Crippen MR) is 105 cm³/mol. The van der Waals surface area contributed by atoms with Crippen molar-refractivity contribution in [2.45, 2.75) is 15.6 Å². The summed E-state index contributed by atoms with van der Waals surface area (Å²) >= 11 is 6.74. The molecule has 0 saturated carbocycles. The van der Waals surface area contributed by atoms with Gasteiger partial charge in [0, 0.05) is 11.6 Å². The summed E-state index contributed by atoms with van der Waals surface area (Å²) in [4.78, 5) is 12.8. The highest BCUT2D eigenvalue weighted by molar-refractivity contribution is 7.93. The van der Waals surface area contributed by atoms with Gasteiger partial charge in [0.15, 0.2) is 0 Å². The average Bonchev–Trinajstić information content (AvgIpc) is 3.18. The predicted octanol–water partition coefficient (Wildman–Crippen LogP) is 4.17. The Hall–Kier alpha value is -2.35. The number of rotatable bonds is 6. The zero-order valence-corrected chi connectivity index (χ0v) is 16.7. The molecule has 0 spiro atoms. The molecule has 5 nitrogen and oxygen atoms in total. The fraction of sp³-hybridized carbons (Fsp3) is 0.105. The molecule has 0 saturated heterocycles. The Morgan fingerprint density at radius 2 is 1.85 bits per heavy atom. The lowest BCUT2D eigenvalue weighted by molar-refractivity contribution is 0.0955. The molecule has 0 aliphatic heterocycles. The summed E-state index contributed by atoms with van der Waals surface area (Å²) in [5, 5.41) is 3.24. The van der Waals surface area contributed by atoms with Gasteiger partial charge in [-0.3, -0.25) is 4.79 Å². The van der Waals surface area contributed by atoms with Crippen molar-refractivity contribution in [1.29, 1.82) is 0 Å². The number of amides is 1. The molecule has 8 heteroatoms. The lowest BCUT2D eigenvalue weighted by Gasteiger charge is -2.06. The summed E-state index contributed by atoms with van der Waals surface area (Å²) in [5.74, 6) is 0.370. The Balaban J connectivity index is 1.72. The van der Waals surface area contributed by atoms with Crippen molar-refractivity contribution in [3.05, 3.63) is 76.1 Å². The molecule has 0 aliphatic rings. The van der Waals surface area contributed by atoms with Gasteiger partial charge in [-0.15, -0.1) is 11.3 Å². The molecule has 0 unspecified atom stereocenters. The highest BCUT2D eigenvalue weighted by Gasteiger charge is 2.21. The van der Waals surface area contributed by atoms with E-state index in [4.69, 9.17) is 16.3 Å². The number of carbonyl (C=O) groups excluding carboxylic acids is 1. The smallest absolute Gasteiger partial charge is 0.261 e. The molecule has 0 bridgehead atoms. The van der Waals surface area contributed by atoms with Gasteiger partial charge in [-0.25, -0.2) is 8.42 Å². The van der Waals surface area contributed by atoms with Crippen LogP contribution in [0.5, 0.6) is 5.75 Å². The molecule has 2 aromatic carbocycles. The van der Waals surface area contributed by atoms with E-state index >= 15 is 0 Å². The van der Waals surface area contributed by atoms with Gasteiger partial charge in [-0.05, 0) is 54.1 Å². The minimum Gasteiger partial charge on any atom is -0.497 e.